The van der Waals surface area contributed by atoms with E-state index in [0.717, 1.165) is 11.0 Å². The van der Waals surface area contributed by atoms with Gasteiger partial charge in [0.25, 0.3) is 5.09 Å². The van der Waals surface area contributed by atoms with Crippen LogP contribution >= 0.6 is 11.6 Å². The second-order valence-corrected chi connectivity index (χ2v) is 7.26. The number of rotatable bonds is 8. The smallest absolute Gasteiger partial charge is 0.430 e. The zero-order valence-corrected chi connectivity index (χ0v) is 18.1. The highest BCUT2D eigenvalue weighted by Gasteiger charge is 2.49. The van der Waals surface area contributed by atoms with E-state index in [2.05, 4.69) is 4.84 Å². The van der Waals surface area contributed by atoms with Crippen LogP contribution < -0.4 is 4.74 Å². The summed E-state index contributed by atoms with van der Waals surface area (Å²) in [6.07, 6.45) is -6.40. The molecule has 0 unspecified atom stereocenters. The summed E-state index contributed by atoms with van der Waals surface area (Å²) in [5.41, 5.74) is 0.434. The summed E-state index contributed by atoms with van der Waals surface area (Å²) in [5.74, 6) is -1.83. The lowest BCUT2D eigenvalue weighted by Gasteiger charge is -2.29. The number of hydrogen-bond donors (Lipinski definition) is 0. The summed E-state index contributed by atoms with van der Waals surface area (Å²) in [5, 5.41) is 9.48. The molecule has 1 heterocycles. The number of ether oxygens (including phenoxy) is 2. The fraction of sp³-hybridized carbons (Fsp3) is 0.474. The van der Waals surface area contributed by atoms with Crippen molar-refractivity contribution in [3.05, 3.63) is 43.5 Å². The topological polar surface area (TPSA) is 108 Å². The van der Waals surface area contributed by atoms with E-state index in [1.165, 1.54) is 13.0 Å². The summed E-state index contributed by atoms with van der Waals surface area (Å²) in [6.45, 7) is 3.15. The number of amides is 1. The van der Waals surface area contributed by atoms with Gasteiger partial charge in [-0.15, -0.1) is 10.1 Å². The average molecular weight is 481 g/mol. The third-order valence-electron chi connectivity index (χ3n) is 4.65. The Kier molecular flexibility index (Phi) is 7.94. The van der Waals surface area contributed by atoms with Crippen molar-refractivity contribution in [2.24, 2.45) is 0 Å². The largest absolute Gasteiger partial charge is 0.475 e. The monoisotopic (exact) mass is 480 g/mol. The summed E-state index contributed by atoms with van der Waals surface area (Å²) >= 11 is 6.16. The molecule has 0 aromatic heterocycles. The minimum Gasteiger partial charge on any atom is -0.475 e. The van der Waals surface area contributed by atoms with Gasteiger partial charge in [-0.05, 0) is 37.1 Å². The van der Waals surface area contributed by atoms with E-state index in [0.29, 0.717) is 16.1 Å². The van der Waals surface area contributed by atoms with Crippen LogP contribution in [-0.4, -0.2) is 60.4 Å². The van der Waals surface area contributed by atoms with Crippen molar-refractivity contribution >= 4 is 29.6 Å². The average Bonchev–Trinajstić information content (AvgIpc) is 2.69. The fourth-order valence-electron chi connectivity index (χ4n) is 3.03. The number of aryl methyl sites for hydroxylation is 1. The Hall–Kier alpha value is -3.02. The van der Waals surface area contributed by atoms with E-state index in [-0.39, 0.29) is 24.4 Å². The van der Waals surface area contributed by atoms with Gasteiger partial charge in [0.1, 0.15) is 19.0 Å². The molecule has 0 fully saturated rings. The molecule has 9 nitrogen and oxygen atoms in total. The highest BCUT2D eigenvalue weighted by atomic mass is 35.5. The molecule has 1 aliphatic rings. The minimum atomic E-state index is -4.89. The van der Waals surface area contributed by atoms with Gasteiger partial charge in [0.15, 0.2) is 0 Å². The maximum Gasteiger partial charge on any atom is 0.430 e. The van der Waals surface area contributed by atoms with Gasteiger partial charge in [-0.2, -0.15) is 13.2 Å². The van der Waals surface area contributed by atoms with Crippen LogP contribution in [0.5, 0.6) is 5.75 Å². The van der Waals surface area contributed by atoms with Crippen molar-refractivity contribution < 1.29 is 42.2 Å². The van der Waals surface area contributed by atoms with Crippen LogP contribution in [0.4, 0.5) is 13.2 Å². The Morgan fingerprint density at radius 1 is 1.28 bits per heavy atom. The number of esters is 1. The van der Waals surface area contributed by atoms with Gasteiger partial charge >= 0.3 is 12.1 Å². The van der Waals surface area contributed by atoms with Gasteiger partial charge in [0.05, 0.1) is 12.1 Å². The highest BCUT2D eigenvalue weighted by Crippen LogP contribution is 2.41. The number of nitrogens with zero attached hydrogens (tertiary/aromatic N) is 2. The molecule has 13 heteroatoms. The molecule has 0 N–H and O–H groups in total. The molecule has 1 aromatic rings. The third-order valence-corrected chi connectivity index (χ3v) is 5.23. The molecule has 1 aromatic carbocycles. The molecule has 0 radical (unpaired) electrons. The van der Waals surface area contributed by atoms with Crippen molar-refractivity contribution in [2.75, 3.05) is 26.3 Å². The Bertz CT molecular complexity index is 950. The predicted octanol–water partition coefficient (Wildman–Crippen LogP) is 3.26. The van der Waals surface area contributed by atoms with Crippen molar-refractivity contribution in [3.63, 3.8) is 0 Å². The van der Waals surface area contributed by atoms with Gasteiger partial charge in [-0.3, -0.25) is 4.79 Å². The first-order valence-electron chi connectivity index (χ1n) is 9.27. The van der Waals surface area contributed by atoms with Crippen LogP contribution in [0.1, 0.15) is 23.6 Å². The fourth-order valence-corrected chi connectivity index (χ4v) is 3.18. The first kappa shape index (κ1) is 25.2. The van der Waals surface area contributed by atoms with Crippen molar-refractivity contribution in [2.45, 2.75) is 33.1 Å². The number of fused-ring (bicyclic) bond motifs is 1. The quantitative estimate of drug-likeness (QED) is 0.319. The molecule has 0 spiro atoms. The molecule has 1 amide bonds. The molecule has 1 aliphatic heterocycles. The zero-order chi connectivity index (χ0) is 24.2. The Morgan fingerprint density at radius 2 is 1.91 bits per heavy atom. The summed E-state index contributed by atoms with van der Waals surface area (Å²) in [4.78, 5) is 39.4. The molecule has 176 valence electrons. The summed E-state index contributed by atoms with van der Waals surface area (Å²) < 4.78 is 50.7. The Balaban J connectivity index is 2.18. The number of alkyl halides is 3. The van der Waals surface area contributed by atoms with Gasteiger partial charge in [0, 0.05) is 24.1 Å². The zero-order valence-electron chi connectivity index (χ0n) is 17.3. The van der Waals surface area contributed by atoms with Crippen molar-refractivity contribution in [1.82, 2.24) is 4.90 Å². The lowest BCUT2D eigenvalue weighted by Crippen LogP contribution is -2.41. The van der Waals surface area contributed by atoms with Crippen LogP contribution in [0.2, 0.25) is 5.02 Å². The molecular weight excluding hydrogens is 461 g/mol. The maximum atomic E-state index is 13.6. The Labute approximate surface area is 185 Å². The van der Waals surface area contributed by atoms with Crippen molar-refractivity contribution in [3.8, 4) is 5.75 Å². The van der Waals surface area contributed by atoms with Crippen LogP contribution in [-0.2, 0) is 19.2 Å². The number of carbonyl (C=O) groups excluding carboxylic acids is 2. The van der Waals surface area contributed by atoms with Gasteiger partial charge in [0.2, 0.25) is 12.0 Å². The lowest BCUT2D eigenvalue weighted by atomic mass is 9.96. The molecule has 0 saturated carbocycles. The standard InChI is InChI=1S/C19H20ClF3N2O7/c1-10-8-15-13(11(2)16(10)20)9-14(17(32-15)19(21,22)23)18(27)30-6-4-24(12(3)26)5-7-31-25(28)29/h8-9,17H,4-7H2,1-3H3/t17-/m0/s1. The summed E-state index contributed by atoms with van der Waals surface area (Å²) in [6, 6.07) is 1.36. The number of benzene rings is 1. The highest BCUT2D eigenvalue weighted by molar-refractivity contribution is 6.32. The van der Waals surface area contributed by atoms with E-state index in [1.54, 1.807) is 13.8 Å². The van der Waals surface area contributed by atoms with E-state index in [1.807, 2.05) is 0 Å². The molecular formula is C19H20ClF3N2O7. The number of hydrogen-bond acceptors (Lipinski definition) is 7. The van der Waals surface area contributed by atoms with E-state index < -0.39 is 48.0 Å². The van der Waals surface area contributed by atoms with E-state index in [4.69, 9.17) is 21.1 Å². The number of carbonyl (C=O) groups is 2. The molecule has 0 bridgehead atoms. The normalized spacial score (nSPS) is 15.2. The maximum absolute atomic E-state index is 13.6. The number of halogens is 4. The van der Waals surface area contributed by atoms with Gasteiger partial charge < -0.3 is 19.2 Å². The predicted molar refractivity (Wildman–Crippen MR) is 106 cm³/mol. The lowest BCUT2D eigenvalue weighted by molar-refractivity contribution is -0.757. The second kappa shape index (κ2) is 10.1. The molecule has 32 heavy (non-hydrogen) atoms. The van der Waals surface area contributed by atoms with Crippen LogP contribution in [0.25, 0.3) is 6.08 Å². The van der Waals surface area contributed by atoms with E-state index >= 15 is 0 Å². The second-order valence-electron chi connectivity index (χ2n) is 6.88. The molecule has 1 atom stereocenters. The third kappa shape index (κ3) is 6.02. The SMILES string of the molecule is CC(=O)N(CCOC(=O)C1=Cc2c(cc(C)c(Cl)c2C)O[C@@H]1C(F)(F)F)CCO[N+](=O)[O-]. The first-order chi connectivity index (χ1) is 14.8. The van der Waals surface area contributed by atoms with Gasteiger partial charge in [-0.1, -0.05) is 11.6 Å². The van der Waals surface area contributed by atoms with Crippen LogP contribution in [0.15, 0.2) is 11.6 Å². The molecule has 0 aliphatic carbocycles. The van der Waals surface area contributed by atoms with Crippen molar-refractivity contribution in [1.29, 1.82) is 0 Å². The Morgan fingerprint density at radius 3 is 2.47 bits per heavy atom. The molecule has 0 saturated heterocycles. The van der Waals surface area contributed by atoms with Crippen LogP contribution in [0, 0.1) is 24.0 Å². The summed E-state index contributed by atoms with van der Waals surface area (Å²) in [7, 11) is 0. The van der Waals surface area contributed by atoms with Crippen LogP contribution in [0.3, 0.4) is 0 Å². The van der Waals surface area contributed by atoms with E-state index in [9.17, 15) is 32.9 Å². The van der Waals surface area contributed by atoms with Gasteiger partial charge in [-0.25, -0.2) is 4.79 Å². The first-order valence-corrected chi connectivity index (χ1v) is 9.65. The molecule has 2 rings (SSSR count). The minimum absolute atomic E-state index is 0.0585.